The second-order valence-electron chi connectivity index (χ2n) is 6.84. The second-order valence-corrected chi connectivity index (χ2v) is 6.84. The van der Waals surface area contributed by atoms with Crippen LogP contribution in [0, 0.1) is 0 Å². The van der Waals surface area contributed by atoms with Crippen molar-refractivity contribution in [1.29, 1.82) is 0 Å². The van der Waals surface area contributed by atoms with Crippen LogP contribution in [0.3, 0.4) is 0 Å². The van der Waals surface area contributed by atoms with E-state index < -0.39 is 0 Å². The molecule has 2 amide bonds. The SMILES string of the molecule is C=CC(=O)N1CCn2ncc(CNC(=O)Cc3nn(C)c4ccccc34)c2C1. The summed E-state index contributed by atoms with van der Waals surface area (Å²) >= 11 is 0. The molecule has 8 heteroatoms. The van der Waals surface area contributed by atoms with E-state index in [-0.39, 0.29) is 18.2 Å². The Hall–Kier alpha value is -3.42. The first-order valence-electron chi connectivity index (χ1n) is 9.19. The van der Waals surface area contributed by atoms with Gasteiger partial charge >= 0.3 is 0 Å². The van der Waals surface area contributed by atoms with Gasteiger partial charge in [0.2, 0.25) is 11.8 Å². The molecule has 0 saturated heterocycles. The molecule has 1 aliphatic heterocycles. The molecule has 3 aromatic rings. The Morgan fingerprint density at radius 1 is 1.29 bits per heavy atom. The topological polar surface area (TPSA) is 85.1 Å². The van der Waals surface area contributed by atoms with E-state index in [4.69, 9.17) is 0 Å². The predicted molar refractivity (Wildman–Crippen MR) is 104 cm³/mol. The number of amides is 2. The maximum atomic E-state index is 12.5. The number of carbonyl (C=O) groups excluding carboxylic acids is 2. The van der Waals surface area contributed by atoms with Crippen molar-refractivity contribution in [2.75, 3.05) is 6.54 Å². The van der Waals surface area contributed by atoms with Crippen molar-refractivity contribution < 1.29 is 9.59 Å². The van der Waals surface area contributed by atoms with Crippen LogP contribution in [0.5, 0.6) is 0 Å². The van der Waals surface area contributed by atoms with Crippen LogP contribution >= 0.6 is 0 Å². The van der Waals surface area contributed by atoms with E-state index in [1.807, 2.05) is 36.0 Å². The Morgan fingerprint density at radius 3 is 2.93 bits per heavy atom. The molecule has 0 spiro atoms. The molecule has 1 N–H and O–H groups in total. The highest BCUT2D eigenvalue weighted by atomic mass is 16.2. The summed E-state index contributed by atoms with van der Waals surface area (Å²) < 4.78 is 3.68. The number of fused-ring (bicyclic) bond motifs is 2. The van der Waals surface area contributed by atoms with Crippen LogP contribution in [-0.2, 0) is 42.7 Å². The number of aryl methyl sites for hydroxylation is 1. The quantitative estimate of drug-likeness (QED) is 0.675. The standard InChI is InChI=1S/C20H22N6O2/c1-3-20(28)25-8-9-26-18(13-25)14(12-22-26)11-21-19(27)10-16-15-6-4-5-7-17(15)24(2)23-16/h3-7,12H,1,8-11,13H2,2H3,(H,21,27). The number of rotatable bonds is 5. The molecule has 2 aromatic heterocycles. The Kier molecular flexibility index (Phi) is 4.68. The molecule has 1 aromatic carbocycles. The first-order valence-corrected chi connectivity index (χ1v) is 9.19. The van der Waals surface area contributed by atoms with Crippen molar-refractivity contribution in [3.05, 3.63) is 60.1 Å². The number of hydrogen-bond donors (Lipinski definition) is 1. The van der Waals surface area contributed by atoms with Crippen LogP contribution in [-0.4, -0.2) is 42.8 Å². The second kappa shape index (κ2) is 7.30. The molecule has 0 aliphatic carbocycles. The number of hydrogen-bond acceptors (Lipinski definition) is 4. The lowest BCUT2D eigenvalue weighted by molar-refractivity contribution is -0.127. The van der Waals surface area contributed by atoms with Crippen molar-refractivity contribution in [3.8, 4) is 0 Å². The molecule has 144 valence electrons. The molecular formula is C20H22N6O2. The van der Waals surface area contributed by atoms with Crippen molar-refractivity contribution in [1.82, 2.24) is 29.8 Å². The van der Waals surface area contributed by atoms with Crippen LogP contribution in [0.15, 0.2) is 43.1 Å². The summed E-state index contributed by atoms with van der Waals surface area (Å²) in [5, 5.41) is 12.8. The summed E-state index contributed by atoms with van der Waals surface area (Å²) in [6.45, 7) is 5.64. The van der Waals surface area contributed by atoms with E-state index in [0.717, 1.165) is 27.9 Å². The van der Waals surface area contributed by atoms with Crippen molar-refractivity contribution in [3.63, 3.8) is 0 Å². The van der Waals surface area contributed by atoms with Gasteiger partial charge in [-0.05, 0) is 12.1 Å². The zero-order chi connectivity index (χ0) is 19.7. The maximum absolute atomic E-state index is 12.5. The van der Waals surface area contributed by atoms with Crippen LogP contribution in [0.2, 0.25) is 0 Å². The Labute approximate surface area is 162 Å². The van der Waals surface area contributed by atoms with Gasteiger partial charge in [-0.3, -0.25) is 19.0 Å². The van der Waals surface area contributed by atoms with Gasteiger partial charge < -0.3 is 10.2 Å². The number of para-hydroxylation sites is 1. The Balaban J connectivity index is 1.43. The highest BCUT2D eigenvalue weighted by Crippen LogP contribution is 2.19. The molecule has 8 nitrogen and oxygen atoms in total. The number of nitrogens with one attached hydrogen (secondary N) is 1. The molecule has 28 heavy (non-hydrogen) atoms. The number of benzene rings is 1. The minimum Gasteiger partial charge on any atom is -0.352 e. The maximum Gasteiger partial charge on any atom is 0.246 e. The van der Waals surface area contributed by atoms with E-state index >= 15 is 0 Å². The predicted octanol–water partition coefficient (Wildman–Crippen LogP) is 1.16. The third-order valence-corrected chi connectivity index (χ3v) is 5.08. The third kappa shape index (κ3) is 3.28. The fourth-order valence-corrected chi connectivity index (χ4v) is 3.59. The number of carbonyl (C=O) groups is 2. The smallest absolute Gasteiger partial charge is 0.246 e. The normalized spacial score (nSPS) is 13.4. The van der Waals surface area contributed by atoms with E-state index in [9.17, 15) is 9.59 Å². The van der Waals surface area contributed by atoms with Crippen LogP contribution in [0.4, 0.5) is 0 Å². The highest BCUT2D eigenvalue weighted by Gasteiger charge is 2.22. The molecule has 0 fully saturated rings. The molecule has 4 rings (SSSR count). The van der Waals surface area contributed by atoms with Gasteiger partial charge in [0.25, 0.3) is 0 Å². The van der Waals surface area contributed by atoms with Gasteiger partial charge in [-0.25, -0.2) is 0 Å². The van der Waals surface area contributed by atoms with Crippen molar-refractivity contribution >= 4 is 22.7 Å². The Bertz CT molecular complexity index is 1060. The highest BCUT2D eigenvalue weighted by molar-refractivity contribution is 5.88. The summed E-state index contributed by atoms with van der Waals surface area (Å²) in [6.07, 6.45) is 3.30. The molecule has 3 heterocycles. The summed E-state index contributed by atoms with van der Waals surface area (Å²) in [7, 11) is 1.87. The largest absolute Gasteiger partial charge is 0.352 e. The Morgan fingerprint density at radius 2 is 2.11 bits per heavy atom. The molecule has 0 radical (unpaired) electrons. The molecule has 0 unspecified atom stereocenters. The fraction of sp³-hybridized carbons (Fsp3) is 0.300. The number of aromatic nitrogens is 4. The lowest BCUT2D eigenvalue weighted by atomic mass is 10.1. The fourth-order valence-electron chi connectivity index (χ4n) is 3.59. The summed E-state index contributed by atoms with van der Waals surface area (Å²) in [5.41, 5.74) is 3.63. The minimum absolute atomic E-state index is 0.0931. The van der Waals surface area contributed by atoms with Gasteiger partial charge in [0.05, 0.1) is 42.6 Å². The first kappa shape index (κ1) is 18.0. The average molecular weight is 378 g/mol. The van der Waals surface area contributed by atoms with Gasteiger partial charge in [0.1, 0.15) is 0 Å². The third-order valence-electron chi connectivity index (χ3n) is 5.08. The molecule has 0 bridgehead atoms. The molecular weight excluding hydrogens is 356 g/mol. The van der Waals surface area contributed by atoms with Gasteiger partial charge in [-0.15, -0.1) is 0 Å². The van der Waals surface area contributed by atoms with Crippen LogP contribution in [0.1, 0.15) is 17.0 Å². The van der Waals surface area contributed by atoms with E-state index in [0.29, 0.717) is 26.2 Å². The lowest BCUT2D eigenvalue weighted by Crippen LogP contribution is -2.38. The zero-order valence-corrected chi connectivity index (χ0v) is 15.8. The van der Waals surface area contributed by atoms with Gasteiger partial charge in [0.15, 0.2) is 0 Å². The van der Waals surface area contributed by atoms with Gasteiger partial charge in [0, 0.05) is 31.1 Å². The summed E-state index contributed by atoms with van der Waals surface area (Å²) in [6, 6.07) is 7.86. The van der Waals surface area contributed by atoms with Crippen LogP contribution in [0.25, 0.3) is 10.9 Å². The monoisotopic (exact) mass is 378 g/mol. The van der Waals surface area contributed by atoms with Crippen molar-refractivity contribution in [2.24, 2.45) is 7.05 Å². The lowest BCUT2D eigenvalue weighted by Gasteiger charge is -2.27. The minimum atomic E-state index is -0.0985. The van der Waals surface area contributed by atoms with Gasteiger partial charge in [-0.2, -0.15) is 10.2 Å². The van der Waals surface area contributed by atoms with Crippen LogP contribution < -0.4 is 5.32 Å². The first-order chi connectivity index (χ1) is 13.6. The van der Waals surface area contributed by atoms with E-state index in [1.54, 1.807) is 15.8 Å². The average Bonchev–Trinajstić information content (AvgIpc) is 3.26. The van der Waals surface area contributed by atoms with E-state index in [1.165, 1.54) is 6.08 Å². The van der Waals surface area contributed by atoms with Gasteiger partial charge in [-0.1, -0.05) is 24.8 Å². The number of nitrogens with zero attached hydrogens (tertiary/aromatic N) is 5. The van der Waals surface area contributed by atoms with E-state index in [2.05, 4.69) is 22.1 Å². The summed E-state index contributed by atoms with van der Waals surface area (Å²) in [5.74, 6) is -0.192. The zero-order valence-electron chi connectivity index (χ0n) is 15.8. The molecule has 1 aliphatic rings. The summed E-state index contributed by atoms with van der Waals surface area (Å²) in [4.78, 5) is 26.1. The molecule has 0 saturated carbocycles. The van der Waals surface area contributed by atoms with Crippen molar-refractivity contribution in [2.45, 2.75) is 26.1 Å². The molecule has 0 atom stereocenters.